The van der Waals surface area contributed by atoms with E-state index in [1.165, 1.54) is 0 Å². The topological polar surface area (TPSA) is 54.0 Å². The second-order valence-electron chi connectivity index (χ2n) is 5.67. The monoisotopic (exact) mass is 274 g/mol. The molecule has 1 rings (SSSR count). The highest BCUT2D eigenvalue weighted by Crippen LogP contribution is 2.16. The molecule has 0 bridgehead atoms. The Kier molecular flexibility index (Phi) is 7.87. The maximum Gasteiger partial charge on any atom is 0.0900 e. The number of methoxy groups -OCH3 is 1. The number of aliphatic hydroxyl groups excluding tert-OH is 1. The van der Waals surface area contributed by atoms with Crippen LogP contribution in [0.5, 0.6) is 0 Å². The van der Waals surface area contributed by atoms with E-state index >= 15 is 0 Å². The van der Waals surface area contributed by atoms with Crippen LogP contribution in [0.1, 0.15) is 20.3 Å². The second-order valence-corrected chi connectivity index (χ2v) is 5.67. The first-order chi connectivity index (χ1) is 9.06. The molecule has 1 heterocycles. The number of ether oxygens (including phenoxy) is 2. The average molecular weight is 274 g/mol. The number of piperidine rings is 1. The highest BCUT2D eigenvalue weighted by molar-refractivity contribution is 4.82. The molecule has 4 unspecified atom stereocenters. The molecule has 5 heteroatoms. The summed E-state index contributed by atoms with van der Waals surface area (Å²) in [6, 6.07) is 0.603. The van der Waals surface area contributed by atoms with Crippen LogP contribution in [0.25, 0.3) is 0 Å². The Morgan fingerprint density at radius 1 is 1.42 bits per heavy atom. The standard InChI is InChI=1S/C14H30N2O3/c1-11-7-16(6-5-14(11)15-3)8-13(17)10-19-12(2)9-18-4/h11-15,17H,5-10H2,1-4H3. The van der Waals surface area contributed by atoms with Crippen molar-refractivity contribution >= 4 is 0 Å². The van der Waals surface area contributed by atoms with Crippen molar-refractivity contribution in [2.75, 3.05) is 47.0 Å². The molecule has 5 nitrogen and oxygen atoms in total. The largest absolute Gasteiger partial charge is 0.389 e. The highest BCUT2D eigenvalue weighted by atomic mass is 16.5. The molecule has 0 aromatic rings. The molecule has 4 atom stereocenters. The van der Waals surface area contributed by atoms with Crippen LogP contribution in [-0.4, -0.2) is 75.3 Å². The lowest BCUT2D eigenvalue weighted by Crippen LogP contribution is -2.49. The van der Waals surface area contributed by atoms with E-state index in [0.717, 1.165) is 19.5 Å². The molecule has 2 N–H and O–H groups in total. The van der Waals surface area contributed by atoms with Gasteiger partial charge in [0, 0.05) is 26.2 Å². The van der Waals surface area contributed by atoms with Crippen molar-refractivity contribution in [3.63, 3.8) is 0 Å². The van der Waals surface area contributed by atoms with Crippen LogP contribution < -0.4 is 5.32 Å². The van der Waals surface area contributed by atoms with Crippen molar-refractivity contribution in [3.05, 3.63) is 0 Å². The van der Waals surface area contributed by atoms with Gasteiger partial charge in [0.1, 0.15) is 0 Å². The maximum absolute atomic E-state index is 10.0. The first-order valence-electron chi connectivity index (χ1n) is 7.25. The fraction of sp³-hybridized carbons (Fsp3) is 1.00. The van der Waals surface area contributed by atoms with Gasteiger partial charge in [-0.3, -0.25) is 0 Å². The van der Waals surface area contributed by atoms with Crippen molar-refractivity contribution in [1.82, 2.24) is 10.2 Å². The van der Waals surface area contributed by atoms with Gasteiger partial charge in [-0.1, -0.05) is 6.92 Å². The molecule has 19 heavy (non-hydrogen) atoms. The Balaban J connectivity index is 2.20. The van der Waals surface area contributed by atoms with E-state index in [9.17, 15) is 5.11 Å². The number of rotatable bonds is 8. The molecule has 0 amide bonds. The first-order valence-corrected chi connectivity index (χ1v) is 7.25. The molecule has 0 aliphatic carbocycles. The minimum atomic E-state index is -0.419. The van der Waals surface area contributed by atoms with Gasteiger partial charge in [0.05, 0.1) is 25.4 Å². The number of hydrogen-bond donors (Lipinski definition) is 2. The minimum Gasteiger partial charge on any atom is -0.389 e. The van der Waals surface area contributed by atoms with Crippen LogP contribution in [-0.2, 0) is 9.47 Å². The van der Waals surface area contributed by atoms with E-state index in [2.05, 4.69) is 17.1 Å². The lowest BCUT2D eigenvalue weighted by molar-refractivity contribution is -0.0428. The van der Waals surface area contributed by atoms with Gasteiger partial charge in [0.25, 0.3) is 0 Å². The van der Waals surface area contributed by atoms with Crippen LogP contribution in [0.4, 0.5) is 0 Å². The Morgan fingerprint density at radius 3 is 2.74 bits per heavy atom. The van der Waals surface area contributed by atoms with E-state index in [-0.39, 0.29) is 6.10 Å². The number of aliphatic hydroxyl groups is 1. The smallest absolute Gasteiger partial charge is 0.0900 e. The molecular weight excluding hydrogens is 244 g/mol. The van der Waals surface area contributed by atoms with Gasteiger partial charge in [0.2, 0.25) is 0 Å². The van der Waals surface area contributed by atoms with Crippen LogP contribution in [0.2, 0.25) is 0 Å². The summed E-state index contributed by atoms with van der Waals surface area (Å²) < 4.78 is 10.5. The number of hydrogen-bond acceptors (Lipinski definition) is 5. The summed E-state index contributed by atoms with van der Waals surface area (Å²) in [6.45, 7) is 7.94. The fourth-order valence-electron chi connectivity index (χ4n) is 2.74. The number of β-amino-alcohol motifs (C(OH)–C–C–N with tert-alkyl or cyclic N) is 1. The van der Waals surface area contributed by atoms with E-state index in [1.54, 1.807) is 7.11 Å². The molecule has 0 aromatic heterocycles. The van der Waals surface area contributed by atoms with Crippen molar-refractivity contribution in [3.8, 4) is 0 Å². The van der Waals surface area contributed by atoms with Crippen LogP contribution in [0.3, 0.4) is 0 Å². The van der Waals surface area contributed by atoms with Gasteiger partial charge < -0.3 is 24.8 Å². The predicted molar refractivity (Wildman–Crippen MR) is 76.4 cm³/mol. The summed E-state index contributed by atoms with van der Waals surface area (Å²) in [5.41, 5.74) is 0. The quantitative estimate of drug-likeness (QED) is 0.668. The summed E-state index contributed by atoms with van der Waals surface area (Å²) in [4.78, 5) is 2.33. The molecule has 0 saturated carbocycles. The molecule has 0 spiro atoms. The van der Waals surface area contributed by atoms with Crippen molar-refractivity contribution in [2.45, 2.75) is 38.5 Å². The lowest BCUT2D eigenvalue weighted by Gasteiger charge is -2.37. The molecule has 0 aromatic carbocycles. The first kappa shape index (κ1) is 16.9. The molecule has 1 fully saturated rings. The molecule has 114 valence electrons. The third-order valence-electron chi connectivity index (χ3n) is 3.80. The third kappa shape index (κ3) is 6.19. The van der Waals surface area contributed by atoms with Gasteiger partial charge in [-0.25, -0.2) is 0 Å². The van der Waals surface area contributed by atoms with Crippen molar-refractivity contribution in [1.29, 1.82) is 0 Å². The van der Waals surface area contributed by atoms with E-state index in [4.69, 9.17) is 9.47 Å². The molecule has 0 radical (unpaired) electrons. The van der Waals surface area contributed by atoms with Crippen LogP contribution in [0, 0.1) is 5.92 Å². The maximum atomic E-state index is 10.0. The summed E-state index contributed by atoms with van der Waals surface area (Å²) in [5, 5.41) is 13.4. The Bertz CT molecular complexity index is 241. The normalized spacial score (nSPS) is 28.3. The summed E-state index contributed by atoms with van der Waals surface area (Å²) in [5.74, 6) is 0.624. The number of nitrogens with one attached hydrogen (secondary N) is 1. The Morgan fingerprint density at radius 2 is 2.16 bits per heavy atom. The third-order valence-corrected chi connectivity index (χ3v) is 3.80. The predicted octanol–water partition coefficient (Wildman–Crippen LogP) is 0.329. The summed E-state index contributed by atoms with van der Waals surface area (Å²) in [7, 11) is 3.68. The van der Waals surface area contributed by atoms with Crippen molar-refractivity contribution in [2.24, 2.45) is 5.92 Å². The SMILES string of the molecule is CNC1CCN(CC(O)COC(C)COC)CC1C. The second kappa shape index (κ2) is 8.87. The Labute approximate surface area is 117 Å². The summed E-state index contributed by atoms with van der Waals surface area (Å²) in [6.07, 6.45) is 0.761. The summed E-state index contributed by atoms with van der Waals surface area (Å²) >= 11 is 0. The van der Waals surface area contributed by atoms with Gasteiger partial charge in [-0.2, -0.15) is 0 Å². The Hall–Kier alpha value is -0.200. The van der Waals surface area contributed by atoms with Gasteiger partial charge >= 0.3 is 0 Å². The van der Waals surface area contributed by atoms with E-state index in [0.29, 0.717) is 31.7 Å². The minimum absolute atomic E-state index is 0.0357. The van der Waals surface area contributed by atoms with E-state index in [1.807, 2.05) is 14.0 Å². The molecule has 1 saturated heterocycles. The van der Waals surface area contributed by atoms with Crippen LogP contribution in [0.15, 0.2) is 0 Å². The fourth-order valence-corrected chi connectivity index (χ4v) is 2.74. The molecule has 1 aliphatic rings. The molecule has 1 aliphatic heterocycles. The van der Waals surface area contributed by atoms with Gasteiger partial charge in [0.15, 0.2) is 0 Å². The van der Waals surface area contributed by atoms with Gasteiger partial charge in [-0.05, 0) is 32.9 Å². The zero-order valence-corrected chi connectivity index (χ0v) is 12.8. The lowest BCUT2D eigenvalue weighted by atomic mass is 9.94. The van der Waals surface area contributed by atoms with E-state index < -0.39 is 6.10 Å². The van der Waals surface area contributed by atoms with Gasteiger partial charge in [-0.15, -0.1) is 0 Å². The molecular formula is C14H30N2O3. The number of nitrogens with zero attached hydrogens (tertiary/aromatic N) is 1. The van der Waals surface area contributed by atoms with Crippen LogP contribution >= 0.6 is 0 Å². The zero-order chi connectivity index (χ0) is 14.3. The van der Waals surface area contributed by atoms with Crippen molar-refractivity contribution < 1.29 is 14.6 Å². The average Bonchev–Trinajstić information content (AvgIpc) is 2.37. The number of likely N-dealkylation sites (tertiary alicyclic amines) is 1. The highest BCUT2D eigenvalue weighted by Gasteiger charge is 2.25. The zero-order valence-electron chi connectivity index (χ0n) is 12.8.